The molecule has 1 aliphatic rings. The Kier molecular flexibility index (Phi) is 3.34. The Bertz CT molecular complexity index is 374. The zero-order chi connectivity index (χ0) is 10.7. The summed E-state index contributed by atoms with van der Waals surface area (Å²) in [4.78, 5) is 0. The van der Waals surface area contributed by atoms with Gasteiger partial charge in [-0.25, -0.2) is 0 Å². The van der Waals surface area contributed by atoms with E-state index in [2.05, 4.69) is 41.9 Å². The molecule has 1 atom stereocenters. The van der Waals surface area contributed by atoms with Crippen molar-refractivity contribution in [3.63, 3.8) is 0 Å². The van der Waals surface area contributed by atoms with Gasteiger partial charge in [-0.2, -0.15) is 0 Å². The standard InChI is InChI=1S/C12H16N2S/c1-9-4-2-3-5-10(9)6-11-8-15-12(7-13)14-11/h2-5,8,12,14H,6-7,13H2,1H3. The smallest absolute Gasteiger partial charge is 0.0884 e. The van der Waals surface area contributed by atoms with Crippen LogP contribution in [0.2, 0.25) is 0 Å². The van der Waals surface area contributed by atoms with Crippen LogP contribution < -0.4 is 11.1 Å². The van der Waals surface area contributed by atoms with E-state index in [0.717, 1.165) is 6.42 Å². The van der Waals surface area contributed by atoms with E-state index in [1.807, 2.05) is 0 Å². The Morgan fingerprint density at radius 2 is 2.20 bits per heavy atom. The molecule has 0 aliphatic carbocycles. The van der Waals surface area contributed by atoms with Crippen LogP contribution in [0.15, 0.2) is 35.4 Å². The van der Waals surface area contributed by atoms with E-state index in [4.69, 9.17) is 5.73 Å². The Morgan fingerprint density at radius 1 is 1.40 bits per heavy atom. The molecule has 0 aromatic heterocycles. The van der Waals surface area contributed by atoms with E-state index in [-0.39, 0.29) is 0 Å². The first-order valence-corrected chi connectivity index (χ1v) is 6.09. The van der Waals surface area contributed by atoms with Crippen LogP contribution in [0.4, 0.5) is 0 Å². The van der Waals surface area contributed by atoms with Crippen molar-refractivity contribution in [2.24, 2.45) is 5.73 Å². The summed E-state index contributed by atoms with van der Waals surface area (Å²) in [6, 6.07) is 8.49. The molecule has 0 saturated heterocycles. The fraction of sp³-hybridized carbons (Fsp3) is 0.333. The van der Waals surface area contributed by atoms with Gasteiger partial charge in [0.1, 0.15) is 0 Å². The van der Waals surface area contributed by atoms with Crippen LogP contribution in [0.3, 0.4) is 0 Å². The maximum absolute atomic E-state index is 5.60. The molecular weight excluding hydrogens is 204 g/mol. The summed E-state index contributed by atoms with van der Waals surface area (Å²) in [5, 5.41) is 5.96. The number of aryl methyl sites for hydroxylation is 1. The lowest BCUT2D eigenvalue weighted by atomic mass is 10.0. The summed E-state index contributed by atoms with van der Waals surface area (Å²) >= 11 is 1.78. The minimum atomic E-state index is 0.365. The molecule has 2 rings (SSSR count). The van der Waals surface area contributed by atoms with Gasteiger partial charge in [0.25, 0.3) is 0 Å². The van der Waals surface area contributed by atoms with E-state index >= 15 is 0 Å². The lowest BCUT2D eigenvalue weighted by molar-refractivity contribution is 0.743. The summed E-state index contributed by atoms with van der Waals surface area (Å²) in [6.45, 7) is 2.83. The highest BCUT2D eigenvalue weighted by Gasteiger charge is 2.14. The third kappa shape index (κ3) is 2.55. The van der Waals surface area contributed by atoms with Crippen molar-refractivity contribution in [3.8, 4) is 0 Å². The third-order valence-electron chi connectivity index (χ3n) is 2.58. The zero-order valence-corrected chi connectivity index (χ0v) is 9.68. The van der Waals surface area contributed by atoms with Crippen LogP contribution in [0, 0.1) is 6.92 Å². The first-order valence-electron chi connectivity index (χ1n) is 5.15. The van der Waals surface area contributed by atoms with Gasteiger partial charge in [-0.05, 0) is 23.5 Å². The van der Waals surface area contributed by atoms with Gasteiger partial charge in [-0.15, -0.1) is 11.8 Å². The minimum Gasteiger partial charge on any atom is -0.375 e. The van der Waals surface area contributed by atoms with Crippen molar-refractivity contribution in [1.29, 1.82) is 0 Å². The topological polar surface area (TPSA) is 38.0 Å². The maximum Gasteiger partial charge on any atom is 0.0884 e. The van der Waals surface area contributed by atoms with Crippen molar-refractivity contribution < 1.29 is 0 Å². The minimum absolute atomic E-state index is 0.365. The normalized spacial score (nSPS) is 19.9. The van der Waals surface area contributed by atoms with Crippen LogP contribution in [0.1, 0.15) is 11.1 Å². The first-order chi connectivity index (χ1) is 7.29. The van der Waals surface area contributed by atoms with Gasteiger partial charge in [-0.3, -0.25) is 0 Å². The average Bonchev–Trinajstić information content (AvgIpc) is 2.69. The van der Waals surface area contributed by atoms with Crippen molar-refractivity contribution in [2.75, 3.05) is 6.54 Å². The molecule has 0 bridgehead atoms. The largest absolute Gasteiger partial charge is 0.375 e. The summed E-state index contributed by atoms with van der Waals surface area (Å²) in [5.74, 6) is 0. The van der Waals surface area contributed by atoms with Crippen LogP contribution in [-0.2, 0) is 6.42 Å². The van der Waals surface area contributed by atoms with E-state index in [0.29, 0.717) is 11.9 Å². The number of nitrogens with one attached hydrogen (secondary N) is 1. The molecule has 15 heavy (non-hydrogen) atoms. The Hall–Kier alpha value is -0.930. The number of allylic oxidation sites excluding steroid dienone is 1. The molecule has 1 unspecified atom stereocenters. The van der Waals surface area contributed by atoms with Crippen molar-refractivity contribution >= 4 is 11.8 Å². The highest BCUT2D eigenvalue weighted by Crippen LogP contribution is 2.23. The molecule has 0 fully saturated rings. The van der Waals surface area contributed by atoms with Gasteiger partial charge in [0.2, 0.25) is 0 Å². The average molecular weight is 220 g/mol. The molecule has 1 aromatic carbocycles. The molecule has 3 N–H and O–H groups in total. The van der Waals surface area contributed by atoms with Gasteiger partial charge in [0.05, 0.1) is 5.37 Å². The second kappa shape index (κ2) is 4.73. The summed E-state index contributed by atoms with van der Waals surface area (Å²) in [6.07, 6.45) is 0.982. The SMILES string of the molecule is Cc1ccccc1CC1=CSC(CN)N1. The third-order valence-corrected chi connectivity index (χ3v) is 3.64. The molecule has 1 aromatic rings. The van der Waals surface area contributed by atoms with Crippen LogP contribution >= 0.6 is 11.8 Å². The predicted molar refractivity (Wildman–Crippen MR) is 66.5 cm³/mol. The van der Waals surface area contributed by atoms with Crippen molar-refractivity contribution in [1.82, 2.24) is 5.32 Å². The fourth-order valence-electron chi connectivity index (χ4n) is 1.66. The van der Waals surface area contributed by atoms with Gasteiger partial charge in [-0.1, -0.05) is 24.3 Å². The van der Waals surface area contributed by atoms with Gasteiger partial charge in [0.15, 0.2) is 0 Å². The number of hydrogen-bond acceptors (Lipinski definition) is 3. The van der Waals surface area contributed by atoms with Gasteiger partial charge >= 0.3 is 0 Å². The molecule has 2 nitrogen and oxygen atoms in total. The molecule has 0 radical (unpaired) electrons. The number of thioether (sulfide) groups is 1. The summed E-state index contributed by atoms with van der Waals surface area (Å²) < 4.78 is 0. The molecule has 0 spiro atoms. The first kappa shape index (κ1) is 10.6. The molecule has 1 heterocycles. The van der Waals surface area contributed by atoms with Gasteiger partial charge in [0, 0.05) is 18.7 Å². The molecule has 1 aliphatic heterocycles. The van der Waals surface area contributed by atoms with Gasteiger partial charge < -0.3 is 11.1 Å². The number of nitrogens with two attached hydrogens (primary N) is 1. The van der Waals surface area contributed by atoms with Crippen LogP contribution in [0.25, 0.3) is 0 Å². The lowest BCUT2D eigenvalue weighted by Gasteiger charge is -2.11. The second-order valence-electron chi connectivity index (χ2n) is 3.75. The molecule has 0 amide bonds. The van der Waals surface area contributed by atoms with Crippen molar-refractivity contribution in [2.45, 2.75) is 18.7 Å². The summed E-state index contributed by atoms with van der Waals surface area (Å²) in [5.41, 5.74) is 9.62. The van der Waals surface area contributed by atoms with E-state index in [9.17, 15) is 0 Å². The van der Waals surface area contributed by atoms with Crippen molar-refractivity contribution in [3.05, 3.63) is 46.5 Å². The Morgan fingerprint density at radius 3 is 2.87 bits per heavy atom. The zero-order valence-electron chi connectivity index (χ0n) is 8.86. The number of hydrogen-bond donors (Lipinski definition) is 2. The molecule has 0 saturated carbocycles. The van der Waals surface area contributed by atoms with Crippen LogP contribution in [-0.4, -0.2) is 11.9 Å². The second-order valence-corrected chi connectivity index (χ2v) is 4.83. The highest BCUT2D eigenvalue weighted by atomic mass is 32.2. The Balaban J connectivity index is 2.02. The Labute approximate surface area is 94.9 Å². The quantitative estimate of drug-likeness (QED) is 0.818. The fourth-order valence-corrected chi connectivity index (χ4v) is 2.47. The number of benzene rings is 1. The lowest BCUT2D eigenvalue weighted by Crippen LogP contribution is -2.29. The molecule has 80 valence electrons. The van der Waals surface area contributed by atoms with E-state index in [1.165, 1.54) is 16.8 Å². The monoisotopic (exact) mass is 220 g/mol. The van der Waals surface area contributed by atoms with E-state index < -0.39 is 0 Å². The molecule has 3 heteroatoms. The van der Waals surface area contributed by atoms with E-state index in [1.54, 1.807) is 11.8 Å². The maximum atomic E-state index is 5.60. The highest BCUT2D eigenvalue weighted by molar-refractivity contribution is 8.03. The summed E-state index contributed by atoms with van der Waals surface area (Å²) in [7, 11) is 0. The number of rotatable bonds is 3. The van der Waals surface area contributed by atoms with Crippen LogP contribution in [0.5, 0.6) is 0 Å². The predicted octanol–water partition coefficient (Wildman–Crippen LogP) is 2.00. The molecular formula is C12H16N2S.